The maximum Gasteiger partial charge on any atom is 0.0211 e. The van der Waals surface area contributed by atoms with Gasteiger partial charge in [-0.1, -0.05) is 20.8 Å². The second-order valence-corrected chi connectivity index (χ2v) is 3.38. The Morgan fingerprint density at radius 1 is 1.36 bits per heavy atom. The molecule has 0 aromatic carbocycles. The number of hydrogen-bond donors (Lipinski definition) is 1. The first kappa shape index (κ1) is 10.5. The molecule has 0 fully saturated rings. The largest absolute Gasteiger partial charge is 0.316 e. The molecule has 1 unspecified atom stereocenters. The molecule has 11 heavy (non-hydrogen) atoms. The van der Waals surface area contributed by atoms with Crippen LogP contribution in [0.2, 0.25) is 0 Å². The predicted molar refractivity (Wildman–Crippen MR) is 50.3 cm³/mol. The monoisotopic (exact) mass is 153 g/mol. The summed E-state index contributed by atoms with van der Waals surface area (Å²) in [4.78, 5) is 0. The summed E-state index contributed by atoms with van der Waals surface area (Å²) in [6.45, 7) is 8.78. The van der Waals surface area contributed by atoms with Crippen molar-refractivity contribution in [3.63, 3.8) is 0 Å². The molecule has 0 aromatic rings. The lowest BCUT2D eigenvalue weighted by Gasteiger charge is -2.15. The number of terminal acetylenes is 1. The smallest absolute Gasteiger partial charge is 0.0211 e. The van der Waals surface area contributed by atoms with E-state index in [4.69, 9.17) is 6.42 Å². The van der Waals surface area contributed by atoms with E-state index in [9.17, 15) is 0 Å². The van der Waals surface area contributed by atoms with Gasteiger partial charge in [0.05, 0.1) is 0 Å². The van der Waals surface area contributed by atoms with Crippen LogP contribution in [0.1, 0.15) is 27.2 Å². The zero-order valence-corrected chi connectivity index (χ0v) is 7.85. The summed E-state index contributed by atoms with van der Waals surface area (Å²) in [5, 5.41) is 3.32. The Morgan fingerprint density at radius 3 is 2.45 bits per heavy atom. The van der Waals surface area contributed by atoms with Crippen LogP contribution in [-0.4, -0.2) is 13.1 Å². The van der Waals surface area contributed by atoms with E-state index in [1.165, 1.54) is 0 Å². The summed E-state index contributed by atoms with van der Waals surface area (Å²) in [6.07, 6.45) is 5.95. The first-order chi connectivity index (χ1) is 5.18. The molecule has 0 amide bonds. The Kier molecular flexibility index (Phi) is 5.97. The molecule has 0 spiro atoms. The van der Waals surface area contributed by atoms with Gasteiger partial charge in [0.15, 0.2) is 0 Å². The van der Waals surface area contributed by atoms with Gasteiger partial charge >= 0.3 is 0 Å². The van der Waals surface area contributed by atoms with Crippen LogP contribution in [0, 0.1) is 24.2 Å². The highest BCUT2D eigenvalue weighted by atomic mass is 14.8. The van der Waals surface area contributed by atoms with Crippen LogP contribution in [-0.2, 0) is 0 Å². The highest BCUT2D eigenvalue weighted by Gasteiger charge is 2.04. The van der Waals surface area contributed by atoms with Gasteiger partial charge in [-0.2, -0.15) is 0 Å². The van der Waals surface area contributed by atoms with E-state index < -0.39 is 0 Å². The van der Waals surface area contributed by atoms with Crippen LogP contribution >= 0.6 is 0 Å². The standard InChI is InChI=1S/C10H19N/c1-5-6-7-11-8-10(4)9(2)3/h1,9-11H,6-8H2,2-4H3. The summed E-state index contributed by atoms with van der Waals surface area (Å²) < 4.78 is 0. The van der Waals surface area contributed by atoms with Crippen molar-refractivity contribution in [2.45, 2.75) is 27.2 Å². The van der Waals surface area contributed by atoms with E-state index in [1.54, 1.807) is 0 Å². The zero-order chi connectivity index (χ0) is 8.69. The van der Waals surface area contributed by atoms with E-state index in [-0.39, 0.29) is 0 Å². The minimum absolute atomic E-state index is 0.743. The molecule has 0 saturated heterocycles. The van der Waals surface area contributed by atoms with Gasteiger partial charge in [-0.25, -0.2) is 0 Å². The van der Waals surface area contributed by atoms with Crippen LogP contribution in [0.5, 0.6) is 0 Å². The van der Waals surface area contributed by atoms with Crippen molar-refractivity contribution < 1.29 is 0 Å². The van der Waals surface area contributed by atoms with Crippen molar-refractivity contribution in [3.05, 3.63) is 0 Å². The fourth-order valence-corrected chi connectivity index (χ4v) is 0.726. The quantitative estimate of drug-likeness (QED) is 0.470. The minimum Gasteiger partial charge on any atom is -0.316 e. The van der Waals surface area contributed by atoms with Crippen LogP contribution in [0.15, 0.2) is 0 Å². The van der Waals surface area contributed by atoms with E-state index in [0.29, 0.717) is 0 Å². The fourth-order valence-electron chi connectivity index (χ4n) is 0.726. The van der Waals surface area contributed by atoms with Gasteiger partial charge in [-0.15, -0.1) is 12.3 Å². The van der Waals surface area contributed by atoms with Crippen molar-refractivity contribution in [3.8, 4) is 12.3 Å². The maximum atomic E-state index is 5.12. The first-order valence-electron chi connectivity index (χ1n) is 4.32. The van der Waals surface area contributed by atoms with Crippen molar-refractivity contribution >= 4 is 0 Å². The predicted octanol–water partition coefficient (Wildman–Crippen LogP) is 1.89. The molecule has 0 aliphatic carbocycles. The summed E-state index contributed by atoms with van der Waals surface area (Å²) in [7, 11) is 0. The molecule has 0 saturated carbocycles. The average molecular weight is 153 g/mol. The Hall–Kier alpha value is -0.480. The second-order valence-electron chi connectivity index (χ2n) is 3.38. The summed E-state index contributed by atoms with van der Waals surface area (Å²) in [5.74, 6) is 4.11. The average Bonchev–Trinajstić information content (AvgIpc) is 1.97. The van der Waals surface area contributed by atoms with E-state index in [1.807, 2.05) is 0 Å². The summed E-state index contributed by atoms with van der Waals surface area (Å²) >= 11 is 0. The molecule has 0 rings (SSSR count). The Bertz CT molecular complexity index is 121. The van der Waals surface area contributed by atoms with Gasteiger partial charge in [-0.05, 0) is 18.4 Å². The van der Waals surface area contributed by atoms with Crippen LogP contribution in [0.3, 0.4) is 0 Å². The summed E-state index contributed by atoms with van der Waals surface area (Å²) in [6, 6.07) is 0. The van der Waals surface area contributed by atoms with Gasteiger partial charge in [0, 0.05) is 13.0 Å². The Balaban J connectivity index is 3.19. The fraction of sp³-hybridized carbons (Fsp3) is 0.800. The lowest BCUT2D eigenvalue weighted by atomic mass is 9.98. The van der Waals surface area contributed by atoms with E-state index in [0.717, 1.165) is 31.3 Å². The molecular weight excluding hydrogens is 134 g/mol. The number of nitrogens with one attached hydrogen (secondary N) is 1. The molecule has 0 radical (unpaired) electrons. The van der Waals surface area contributed by atoms with Gasteiger partial charge in [0.25, 0.3) is 0 Å². The highest BCUT2D eigenvalue weighted by Crippen LogP contribution is 2.07. The molecule has 0 bridgehead atoms. The van der Waals surface area contributed by atoms with Crippen LogP contribution < -0.4 is 5.32 Å². The lowest BCUT2D eigenvalue weighted by Crippen LogP contribution is -2.24. The molecule has 0 heterocycles. The molecule has 1 N–H and O–H groups in total. The van der Waals surface area contributed by atoms with Gasteiger partial charge in [0.1, 0.15) is 0 Å². The highest BCUT2D eigenvalue weighted by molar-refractivity contribution is 4.84. The molecule has 1 atom stereocenters. The lowest BCUT2D eigenvalue weighted by molar-refractivity contribution is 0.395. The molecule has 0 aromatic heterocycles. The van der Waals surface area contributed by atoms with Crippen molar-refractivity contribution in [2.75, 3.05) is 13.1 Å². The van der Waals surface area contributed by atoms with Gasteiger partial charge < -0.3 is 5.32 Å². The second kappa shape index (κ2) is 6.24. The molecular formula is C10H19N. The number of hydrogen-bond acceptors (Lipinski definition) is 1. The third kappa shape index (κ3) is 5.94. The maximum absolute atomic E-state index is 5.12. The molecule has 0 aliphatic rings. The third-order valence-electron chi connectivity index (χ3n) is 2.05. The van der Waals surface area contributed by atoms with Gasteiger partial charge in [0.2, 0.25) is 0 Å². The molecule has 0 aliphatic heterocycles. The van der Waals surface area contributed by atoms with E-state index in [2.05, 4.69) is 32.0 Å². The SMILES string of the molecule is C#CCCNCC(C)C(C)C. The topological polar surface area (TPSA) is 12.0 Å². The van der Waals surface area contributed by atoms with Crippen molar-refractivity contribution in [2.24, 2.45) is 11.8 Å². The van der Waals surface area contributed by atoms with Gasteiger partial charge in [-0.3, -0.25) is 0 Å². The summed E-state index contributed by atoms with van der Waals surface area (Å²) in [5.41, 5.74) is 0. The third-order valence-corrected chi connectivity index (χ3v) is 2.05. The Morgan fingerprint density at radius 2 is 2.00 bits per heavy atom. The molecule has 64 valence electrons. The normalized spacial score (nSPS) is 13.0. The van der Waals surface area contributed by atoms with Crippen LogP contribution in [0.25, 0.3) is 0 Å². The Labute approximate surface area is 70.6 Å². The number of rotatable bonds is 5. The van der Waals surface area contributed by atoms with Crippen LogP contribution in [0.4, 0.5) is 0 Å². The van der Waals surface area contributed by atoms with Crippen molar-refractivity contribution in [1.82, 2.24) is 5.32 Å². The van der Waals surface area contributed by atoms with E-state index >= 15 is 0 Å². The molecule has 1 nitrogen and oxygen atoms in total. The molecule has 1 heteroatoms. The first-order valence-corrected chi connectivity index (χ1v) is 4.32. The zero-order valence-electron chi connectivity index (χ0n) is 7.85. The van der Waals surface area contributed by atoms with Crippen molar-refractivity contribution in [1.29, 1.82) is 0 Å². The minimum atomic E-state index is 0.743.